The largest absolute Gasteiger partial charge is 0.489 e. The fourth-order valence-corrected chi connectivity index (χ4v) is 3.99. The van der Waals surface area contributed by atoms with E-state index < -0.39 is 0 Å². The Morgan fingerprint density at radius 3 is 2.52 bits per heavy atom. The fourth-order valence-electron chi connectivity index (χ4n) is 3.47. The third kappa shape index (κ3) is 5.75. The van der Waals surface area contributed by atoms with Crippen molar-refractivity contribution in [3.05, 3.63) is 111 Å². The third-order valence-electron chi connectivity index (χ3n) is 5.18. The van der Waals surface area contributed by atoms with Gasteiger partial charge in [-0.3, -0.25) is 9.48 Å². The molecule has 7 heteroatoms. The van der Waals surface area contributed by atoms with Gasteiger partial charge in [0.1, 0.15) is 12.4 Å². The summed E-state index contributed by atoms with van der Waals surface area (Å²) in [6, 6.07) is 20.5. The summed E-state index contributed by atoms with van der Waals surface area (Å²) < 4.78 is 7.62. The van der Waals surface area contributed by atoms with Gasteiger partial charge in [0.2, 0.25) is 0 Å². The van der Waals surface area contributed by atoms with E-state index in [1.165, 1.54) is 5.56 Å². The highest BCUT2D eigenvalue weighted by atomic mass is 35.5. The van der Waals surface area contributed by atoms with Crippen molar-refractivity contribution in [2.75, 3.05) is 5.32 Å². The van der Waals surface area contributed by atoms with Crippen LogP contribution in [0.3, 0.4) is 0 Å². The van der Waals surface area contributed by atoms with E-state index in [1.807, 2.05) is 44.2 Å². The maximum atomic E-state index is 12.8. The Kier molecular flexibility index (Phi) is 7.02. The Morgan fingerprint density at radius 1 is 1.00 bits per heavy atom. The molecule has 1 aromatic heterocycles. The Balaban J connectivity index is 1.40. The van der Waals surface area contributed by atoms with Gasteiger partial charge in [0, 0.05) is 33.4 Å². The van der Waals surface area contributed by atoms with Gasteiger partial charge in [-0.05, 0) is 55.3 Å². The number of hydrogen-bond acceptors (Lipinski definition) is 3. The number of halogens is 2. The van der Waals surface area contributed by atoms with Crippen LogP contribution in [-0.2, 0) is 13.2 Å². The molecule has 0 aliphatic rings. The number of nitrogens with one attached hydrogen (secondary N) is 1. The average Bonchev–Trinajstić information content (AvgIpc) is 3.23. The summed E-state index contributed by atoms with van der Waals surface area (Å²) in [5.41, 5.74) is 4.48. The molecule has 4 aromatic rings. The summed E-state index contributed by atoms with van der Waals surface area (Å²) in [6.07, 6.45) is 1.77. The highest BCUT2D eigenvalue weighted by Crippen LogP contribution is 2.25. The summed E-state index contributed by atoms with van der Waals surface area (Å²) in [4.78, 5) is 12.8. The van der Waals surface area contributed by atoms with Gasteiger partial charge < -0.3 is 10.1 Å². The molecule has 1 N–H and O–H groups in total. The highest BCUT2D eigenvalue weighted by molar-refractivity contribution is 6.35. The number of anilines is 1. The lowest BCUT2D eigenvalue weighted by Crippen LogP contribution is -2.13. The molecular formula is C26H23Cl2N3O2. The van der Waals surface area contributed by atoms with Crippen LogP contribution in [0.1, 0.15) is 32.6 Å². The molecule has 0 bridgehead atoms. The maximum absolute atomic E-state index is 12.8. The molecule has 0 spiro atoms. The molecule has 0 unspecified atom stereocenters. The summed E-state index contributed by atoms with van der Waals surface area (Å²) in [7, 11) is 0. The number of hydrogen-bond donors (Lipinski definition) is 1. The van der Waals surface area contributed by atoms with Crippen LogP contribution in [0, 0.1) is 13.8 Å². The second-order valence-corrected chi connectivity index (χ2v) is 8.63. The first-order chi connectivity index (χ1) is 15.9. The zero-order valence-electron chi connectivity index (χ0n) is 18.3. The lowest BCUT2D eigenvalue weighted by Gasteiger charge is -2.11. The van der Waals surface area contributed by atoms with Crippen molar-refractivity contribution < 1.29 is 9.53 Å². The lowest BCUT2D eigenvalue weighted by atomic mass is 10.1. The van der Waals surface area contributed by atoms with E-state index in [0.717, 1.165) is 22.4 Å². The van der Waals surface area contributed by atoms with Crippen LogP contribution < -0.4 is 10.1 Å². The Hall–Kier alpha value is -3.28. The molecule has 0 aliphatic heterocycles. The summed E-state index contributed by atoms with van der Waals surface area (Å²) in [5.74, 6) is 1.03. The number of amides is 1. The van der Waals surface area contributed by atoms with E-state index in [4.69, 9.17) is 27.9 Å². The minimum atomic E-state index is -0.246. The van der Waals surface area contributed by atoms with Gasteiger partial charge in [-0.25, -0.2) is 0 Å². The third-order valence-corrected chi connectivity index (χ3v) is 5.89. The molecule has 0 aliphatic carbocycles. The summed E-state index contributed by atoms with van der Waals surface area (Å²) in [6.45, 7) is 4.84. The molecule has 3 aromatic carbocycles. The van der Waals surface area contributed by atoms with E-state index >= 15 is 0 Å². The van der Waals surface area contributed by atoms with Crippen molar-refractivity contribution in [1.82, 2.24) is 9.78 Å². The Bertz CT molecular complexity index is 1280. The van der Waals surface area contributed by atoms with Crippen LogP contribution in [0.2, 0.25) is 10.0 Å². The van der Waals surface area contributed by atoms with Gasteiger partial charge in [0.25, 0.3) is 5.91 Å². The van der Waals surface area contributed by atoms with Crippen LogP contribution in [0.25, 0.3) is 0 Å². The van der Waals surface area contributed by atoms with Gasteiger partial charge >= 0.3 is 0 Å². The molecule has 0 fully saturated rings. The topological polar surface area (TPSA) is 56.1 Å². The standard InChI is InChI=1S/C26H23Cl2N3O2/c1-17-9-10-24(18(2)13-17)33-16-19-5-3-6-20(14-19)26(32)29-25-11-12-31(30-25)15-21-22(27)7-4-8-23(21)28/h3-14H,15-16H2,1-2H3,(H,29,30,32). The normalized spacial score (nSPS) is 10.8. The van der Waals surface area contributed by atoms with E-state index in [-0.39, 0.29) is 5.91 Å². The summed E-state index contributed by atoms with van der Waals surface area (Å²) >= 11 is 12.5. The van der Waals surface area contributed by atoms with E-state index in [1.54, 1.807) is 41.2 Å². The average molecular weight is 480 g/mol. The van der Waals surface area contributed by atoms with Crippen molar-refractivity contribution in [2.24, 2.45) is 0 Å². The molecule has 0 atom stereocenters. The number of nitrogens with zero attached hydrogens (tertiary/aromatic N) is 2. The quantitative estimate of drug-likeness (QED) is 0.321. The van der Waals surface area contributed by atoms with Crippen LogP contribution in [0.5, 0.6) is 5.75 Å². The molecule has 1 heterocycles. The second-order valence-electron chi connectivity index (χ2n) is 7.81. The molecule has 5 nitrogen and oxygen atoms in total. The predicted molar refractivity (Wildman–Crippen MR) is 132 cm³/mol. The smallest absolute Gasteiger partial charge is 0.256 e. The van der Waals surface area contributed by atoms with Crippen molar-refractivity contribution in [3.8, 4) is 5.75 Å². The van der Waals surface area contributed by atoms with E-state index in [9.17, 15) is 4.79 Å². The number of aryl methyl sites for hydroxylation is 2. The number of rotatable bonds is 7. The fraction of sp³-hybridized carbons (Fsp3) is 0.154. The zero-order valence-corrected chi connectivity index (χ0v) is 19.8. The van der Waals surface area contributed by atoms with E-state index in [2.05, 4.69) is 16.5 Å². The van der Waals surface area contributed by atoms with E-state index in [0.29, 0.717) is 34.6 Å². The first kappa shape index (κ1) is 22.9. The predicted octanol–water partition coefficient (Wildman–Crippen LogP) is 6.69. The number of aromatic nitrogens is 2. The lowest BCUT2D eigenvalue weighted by molar-refractivity contribution is 0.102. The molecular weight excluding hydrogens is 457 g/mol. The van der Waals surface area contributed by atoms with Gasteiger partial charge in [0.05, 0.1) is 6.54 Å². The van der Waals surface area contributed by atoms with Crippen molar-refractivity contribution in [3.63, 3.8) is 0 Å². The monoisotopic (exact) mass is 479 g/mol. The van der Waals surface area contributed by atoms with Gasteiger partial charge in [-0.2, -0.15) is 5.10 Å². The molecule has 168 valence electrons. The molecule has 1 amide bonds. The zero-order chi connectivity index (χ0) is 23.4. The van der Waals surface area contributed by atoms with Crippen molar-refractivity contribution in [2.45, 2.75) is 27.0 Å². The van der Waals surface area contributed by atoms with Gasteiger partial charge in [-0.15, -0.1) is 0 Å². The first-order valence-corrected chi connectivity index (χ1v) is 11.2. The Labute approximate surface area is 202 Å². The van der Waals surface area contributed by atoms with Crippen LogP contribution in [0.15, 0.2) is 72.9 Å². The molecule has 4 rings (SSSR count). The van der Waals surface area contributed by atoms with Gasteiger partial charge in [-0.1, -0.05) is 59.1 Å². The van der Waals surface area contributed by atoms with Crippen molar-refractivity contribution in [1.29, 1.82) is 0 Å². The van der Waals surface area contributed by atoms with Crippen LogP contribution in [-0.4, -0.2) is 15.7 Å². The number of ether oxygens (including phenoxy) is 1. The van der Waals surface area contributed by atoms with Crippen LogP contribution in [0.4, 0.5) is 5.82 Å². The van der Waals surface area contributed by atoms with Crippen LogP contribution >= 0.6 is 23.2 Å². The highest BCUT2D eigenvalue weighted by Gasteiger charge is 2.11. The molecule has 0 saturated carbocycles. The van der Waals surface area contributed by atoms with Gasteiger partial charge in [0.15, 0.2) is 5.82 Å². The Morgan fingerprint density at radius 2 is 1.76 bits per heavy atom. The maximum Gasteiger partial charge on any atom is 0.256 e. The first-order valence-electron chi connectivity index (χ1n) is 10.5. The number of benzene rings is 3. The number of carbonyl (C=O) groups is 1. The number of carbonyl (C=O) groups excluding carboxylic acids is 1. The second kappa shape index (κ2) is 10.1. The minimum Gasteiger partial charge on any atom is -0.489 e. The van der Waals surface area contributed by atoms with Crippen molar-refractivity contribution >= 4 is 34.9 Å². The molecule has 0 radical (unpaired) electrons. The summed E-state index contributed by atoms with van der Waals surface area (Å²) in [5, 5.41) is 8.39. The SMILES string of the molecule is Cc1ccc(OCc2cccc(C(=O)Nc3ccn(Cc4c(Cl)cccc4Cl)n3)c2)c(C)c1. The minimum absolute atomic E-state index is 0.246. The molecule has 0 saturated heterocycles. The molecule has 33 heavy (non-hydrogen) atoms.